The SMILES string of the molecule is C=CCCC(=O)NC[C@@H](C)OC(=O)[C@@H]1[C@H]2O[C@@]3(CC2Br)[C@H](C(=O)N(CC=C)c2ccc4ccccc4c2)N(CCCCCO)C(=O)[C@@H]13. The number of alkyl halides is 1. The molecule has 2 aromatic rings. The zero-order valence-corrected chi connectivity index (χ0v) is 28.4. The maximum Gasteiger partial charge on any atom is 0.312 e. The van der Waals surface area contributed by atoms with Gasteiger partial charge in [0.25, 0.3) is 5.91 Å². The van der Waals surface area contributed by atoms with E-state index in [1.165, 1.54) is 0 Å². The van der Waals surface area contributed by atoms with E-state index < -0.39 is 41.7 Å². The Morgan fingerprint density at radius 1 is 1.17 bits per heavy atom. The largest absolute Gasteiger partial charge is 0.460 e. The van der Waals surface area contributed by atoms with Crippen molar-refractivity contribution in [3.8, 4) is 0 Å². The number of ether oxygens (including phenoxy) is 2. The van der Waals surface area contributed by atoms with E-state index in [2.05, 4.69) is 34.4 Å². The number of aliphatic hydroxyl groups is 1. The Balaban J connectivity index is 1.45. The summed E-state index contributed by atoms with van der Waals surface area (Å²) in [4.78, 5) is 58.0. The summed E-state index contributed by atoms with van der Waals surface area (Å²) < 4.78 is 12.4. The number of anilines is 1. The molecule has 3 fully saturated rings. The Morgan fingerprint density at radius 2 is 1.94 bits per heavy atom. The molecule has 3 saturated heterocycles. The van der Waals surface area contributed by atoms with E-state index in [0.717, 1.165) is 10.8 Å². The van der Waals surface area contributed by atoms with Crippen molar-refractivity contribution in [1.82, 2.24) is 10.2 Å². The topological polar surface area (TPSA) is 125 Å². The monoisotopic (exact) mass is 709 g/mol. The van der Waals surface area contributed by atoms with E-state index in [4.69, 9.17) is 9.47 Å². The molecular weight excluding hydrogens is 666 g/mol. The highest BCUT2D eigenvalue weighted by atomic mass is 79.9. The zero-order valence-electron chi connectivity index (χ0n) is 26.8. The molecule has 3 amide bonds. The van der Waals surface area contributed by atoms with Gasteiger partial charge in [-0.05, 0) is 61.9 Å². The molecule has 2 aromatic carbocycles. The quantitative estimate of drug-likeness (QED) is 0.115. The van der Waals surface area contributed by atoms with Crippen molar-refractivity contribution in [2.45, 2.75) is 74.1 Å². The maximum absolute atomic E-state index is 14.8. The van der Waals surface area contributed by atoms with Gasteiger partial charge >= 0.3 is 5.97 Å². The van der Waals surface area contributed by atoms with Crippen LogP contribution in [0.3, 0.4) is 0 Å². The van der Waals surface area contributed by atoms with Crippen LogP contribution in [-0.2, 0) is 28.7 Å². The Bertz CT molecular complexity index is 1520. The molecule has 3 aliphatic rings. The Labute approximate surface area is 284 Å². The van der Waals surface area contributed by atoms with Crippen molar-refractivity contribution in [2.24, 2.45) is 11.8 Å². The van der Waals surface area contributed by atoms with Gasteiger partial charge < -0.3 is 29.7 Å². The molecule has 10 nitrogen and oxygen atoms in total. The van der Waals surface area contributed by atoms with Gasteiger partial charge in [-0.1, -0.05) is 58.4 Å². The van der Waals surface area contributed by atoms with Gasteiger partial charge in [-0.3, -0.25) is 19.2 Å². The third-order valence-electron chi connectivity index (χ3n) is 9.45. The smallest absolute Gasteiger partial charge is 0.312 e. The van der Waals surface area contributed by atoms with Crippen molar-refractivity contribution in [3.63, 3.8) is 0 Å². The van der Waals surface area contributed by atoms with E-state index >= 15 is 0 Å². The lowest BCUT2D eigenvalue weighted by atomic mass is 9.70. The van der Waals surface area contributed by atoms with E-state index in [-0.39, 0.29) is 48.8 Å². The molecule has 1 spiro atoms. The number of halogens is 1. The second kappa shape index (κ2) is 15.1. The lowest BCUT2D eigenvalue weighted by Gasteiger charge is -2.37. The van der Waals surface area contributed by atoms with Crippen LogP contribution in [-0.4, -0.2) is 88.6 Å². The minimum Gasteiger partial charge on any atom is -0.460 e. The number of carbonyl (C=O) groups excluding carboxylic acids is 4. The van der Waals surface area contributed by atoms with Crippen molar-refractivity contribution in [2.75, 3.05) is 31.1 Å². The highest BCUT2D eigenvalue weighted by molar-refractivity contribution is 9.09. The molecular formula is C36H44BrN3O7. The zero-order chi connectivity index (χ0) is 33.7. The predicted molar refractivity (Wildman–Crippen MR) is 183 cm³/mol. The Kier molecular flexibility index (Phi) is 11.2. The number of nitrogens with one attached hydrogen (secondary N) is 1. The van der Waals surface area contributed by atoms with Gasteiger partial charge in [0.1, 0.15) is 17.7 Å². The van der Waals surface area contributed by atoms with Gasteiger partial charge in [0.15, 0.2) is 0 Å². The summed E-state index contributed by atoms with van der Waals surface area (Å²) in [6.45, 7) is 9.87. The molecule has 3 heterocycles. The summed E-state index contributed by atoms with van der Waals surface area (Å²) in [5.74, 6) is -3.20. The number of carbonyl (C=O) groups is 4. The molecule has 0 aliphatic carbocycles. The molecule has 5 rings (SSSR count). The van der Waals surface area contributed by atoms with Crippen LogP contribution < -0.4 is 10.2 Å². The fraction of sp³-hybridized carbons (Fsp3) is 0.500. The number of esters is 1. The summed E-state index contributed by atoms with van der Waals surface area (Å²) >= 11 is 3.71. The van der Waals surface area contributed by atoms with Crippen molar-refractivity contribution >= 4 is 56.1 Å². The van der Waals surface area contributed by atoms with Crippen LogP contribution in [0.4, 0.5) is 5.69 Å². The summed E-state index contributed by atoms with van der Waals surface area (Å²) in [5.41, 5.74) is -0.574. The normalized spacial score (nSPS) is 26.6. The Hall–Kier alpha value is -3.54. The molecule has 47 heavy (non-hydrogen) atoms. The first kappa shape index (κ1) is 34.8. The van der Waals surface area contributed by atoms with E-state index in [1.54, 1.807) is 28.9 Å². The van der Waals surface area contributed by atoms with Crippen LogP contribution in [0.2, 0.25) is 0 Å². The Morgan fingerprint density at radius 3 is 2.66 bits per heavy atom. The first-order valence-electron chi connectivity index (χ1n) is 16.4. The number of hydrogen-bond acceptors (Lipinski definition) is 7. The van der Waals surface area contributed by atoms with Crippen LogP contribution in [0.25, 0.3) is 10.8 Å². The third kappa shape index (κ3) is 6.89. The molecule has 252 valence electrons. The number of amides is 3. The maximum atomic E-state index is 14.8. The summed E-state index contributed by atoms with van der Waals surface area (Å²) in [6.07, 6.45) is 5.05. The van der Waals surface area contributed by atoms with Gasteiger partial charge in [0.2, 0.25) is 11.8 Å². The molecule has 0 aromatic heterocycles. The standard InChI is InChI=1S/C36H44BrN3O7/c1-4-6-14-28(42)38-22-23(3)46-35(45)29-30-33(43)40(18-10-7-11-19-41)32(36(30)21-27(37)31(29)47-36)34(44)39(17-5-2)26-16-15-24-12-8-9-13-25(24)20-26/h4-5,8-9,12-13,15-16,20,23,27,29-32,41H,1-2,6-7,10-11,14,17-19,21-22H2,3H3,(H,38,42)/t23-,27?,29+,30-,31+,32+,36-/m1/s1. The minimum absolute atomic E-state index is 0.0365. The first-order valence-corrected chi connectivity index (χ1v) is 17.3. The second-order valence-electron chi connectivity index (χ2n) is 12.6. The number of nitrogens with zero attached hydrogens (tertiary/aromatic N) is 2. The molecule has 7 atom stereocenters. The number of benzene rings is 2. The van der Waals surface area contributed by atoms with Gasteiger partial charge in [-0.15, -0.1) is 13.2 Å². The van der Waals surface area contributed by atoms with Gasteiger partial charge in [0, 0.05) is 36.6 Å². The van der Waals surface area contributed by atoms with Gasteiger partial charge in [-0.2, -0.15) is 0 Å². The third-order valence-corrected chi connectivity index (χ3v) is 10.3. The summed E-state index contributed by atoms with van der Waals surface area (Å²) in [6, 6.07) is 12.7. The van der Waals surface area contributed by atoms with Crippen molar-refractivity contribution in [1.29, 1.82) is 0 Å². The summed E-state index contributed by atoms with van der Waals surface area (Å²) in [7, 11) is 0. The molecule has 1 unspecified atom stereocenters. The fourth-order valence-electron chi connectivity index (χ4n) is 7.33. The van der Waals surface area contributed by atoms with Crippen LogP contribution in [0.15, 0.2) is 67.8 Å². The van der Waals surface area contributed by atoms with E-state index in [1.807, 2.05) is 42.5 Å². The second-order valence-corrected chi connectivity index (χ2v) is 13.8. The lowest BCUT2D eigenvalue weighted by molar-refractivity contribution is -0.159. The molecule has 0 radical (unpaired) electrons. The first-order chi connectivity index (χ1) is 22.7. The molecule has 2 bridgehead atoms. The number of rotatable bonds is 16. The van der Waals surface area contributed by atoms with Crippen molar-refractivity contribution < 1.29 is 33.8 Å². The lowest BCUT2D eigenvalue weighted by Crippen LogP contribution is -2.57. The number of unbranched alkanes of at least 4 members (excludes halogenated alkanes) is 2. The number of aliphatic hydroxyl groups excluding tert-OH is 1. The number of allylic oxidation sites excluding steroid dienone is 1. The van der Waals surface area contributed by atoms with E-state index in [0.29, 0.717) is 44.2 Å². The van der Waals surface area contributed by atoms with Gasteiger partial charge in [-0.25, -0.2) is 0 Å². The average Bonchev–Trinajstić information content (AvgIpc) is 3.66. The number of likely N-dealkylation sites (tertiary alicyclic amines) is 1. The van der Waals surface area contributed by atoms with Crippen LogP contribution in [0, 0.1) is 11.8 Å². The van der Waals surface area contributed by atoms with Crippen LogP contribution in [0.5, 0.6) is 0 Å². The fourth-order valence-corrected chi connectivity index (χ4v) is 8.27. The molecule has 2 N–H and O–H groups in total. The highest BCUT2D eigenvalue weighted by Gasteiger charge is 2.77. The van der Waals surface area contributed by atoms with Crippen molar-refractivity contribution in [3.05, 3.63) is 67.8 Å². The minimum atomic E-state index is -1.24. The number of fused-ring (bicyclic) bond motifs is 2. The van der Waals surface area contributed by atoms with Crippen LogP contribution in [0.1, 0.15) is 45.4 Å². The van der Waals surface area contributed by atoms with Crippen LogP contribution >= 0.6 is 15.9 Å². The summed E-state index contributed by atoms with van der Waals surface area (Å²) in [5, 5.41) is 14.1. The molecule has 11 heteroatoms. The molecule has 3 aliphatic heterocycles. The predicted octanol–water partition coefficient (Wildman–Crippen LogP) is 4.28. The average molecular weight is 711 g/mol. The molecule has 0 saturated carbocycles. The van der Waals surface area contributed by atoms with Gasteiger partial charge in [0.05, 0.1) is 24.5 Å². The number of hydrogen-bond donors (Lipinski definition) is 2. The highest BCUT2D eigenvalue weighted by Crippen LogP contribution is 2.60. The van der Waals surface area contributed by atoms with E-state index in [9.17, 15) is 24.3 Å².